The molecule has 3 rings (SSSR count). The quantitative estimate of drug-likeness (QED) is 0.656. The van der Waals surface area contributed by atoms with E-state index in [1.807, 2.05) is 0 Å². The minimum Gasteiger partial charge on any atom is -0.324 e. The molecule has 6 nitrogen and oxygen atoms in total. The number of carbonyl (C=O) groups excluding carboxylic acids is 1. The second-order valence-electron chi connectivity index (χ2n) is 5.86. The molecule has 1 aromatic heterocycles. The first kappa shape index (κ1) is 18.7. The minimum absolute atomic E-state index is 0.197. The molecular weight excluding hydrogens is 369 g/mol. The molecule has 0 spiro atoms. The molecule has 3 aromatic rings. The molecule has 2 aromatic carbocycles. The molecule has 1 atom stereocenters. The van der Waals surface area contributed by atoms with Crippen molar-refractivity contribution in [2.24, 2.45) is 0 Å². The lowest BCUT2D eigenvalue weighted by atomic mass is 9.96. The van der Waals surface area contributed by atoms with Crippen LogP contribution >= 0.6 is 0 Å². The Bertz CT molecular complexity index is 1070. The summed E-state index contributed by atoms with van der Waals surface area (Å²) in [4.78, 5) is 20.1. The summed E-state index contributed by atoms with van der Waals surface area (Å²) in [6.45, 7) is 0. The predicted molar refractivity (Wildman–Crippen MR) is 99.2 cm³/mol. The Labute approximate surface area is 156 Å². The van der Waals surface area contributed by atoms with Gasteiger partial charge in [-0.1, -0.05) is 18.2 Å². The smallest absolute Gasteiger partial charge is 0.227 e. The van der Waals surface area contributed by atoms with E-state index in [4.69, 9.17) is 0 Å². The number of benzene rings is 2. The Morgan fingerprint density at radius 3 is 2.41 bits per heavy atom. The number of nitrogens with one attached hydrogen (secondary N) is 1. The normalized spacial score (nSPS) is 12.4. The maximum atomic E-state index is 14.0. The predicted octanol–water partition coefficient (Wildman–Crippen LogP) is 3.09. The first-order valence-corrected chi connectivity index (χ1v) is 9.87. The van der Waals surface area contributed by atoms with Crippen LogP contribution in [0.4, 0.5) is 16.0 Å². The fourth-order valence-electron chi connectivity index (χ4n) is 2.55. The largest absolute Gasteiger partial charge is 0.324 e. The summed E-state index contributed by atoms with van der Waals surface area (Å²) in [6.07, 6.45) is 3.22. The zero-order valence-corrected chi connectivity index (χ0v) is 15.2. The molecule has 0 aliphatic rings. The van der Waals surface area contributed by atoms with E-state index in [1.165, 1.54) is 30.5 Å². The summed E-state index contributed by atoms with van der Waals surface area (Å²) in [5.74, 6) is -1.13. The highest BCUT2D eigenvalue weighted by molar-refractivity contribution is 7.90. The third kappa shape index (κ3) is 4.35. The van der Waals surface area contributed by atoms with Gasteiger partial charge in [0, 0.05) is 23.7 Å². The average molecular weight is 385 g/mol. The van der Waals surface area contributed by atoms with Crippen molar-refractivity contribution in [2.45, 2.75) is 10.8 Å². The van der Waals surface area contributed by atoms with Crippen LogP contribution in [0.1, 0.15) is 17.2 Å². The lowest BCUT2D eigenvalue weighted by Crippen LogP contribution is -2.09. The Balaban J connectivity index is 1.87. The Morgan fingerprint density at radius 1 is 1.07 bits per heavy atom. The van der Waals surface area contributed by atoms with Gasteiger partial charge in [-0.15, -0.1) is 0 Å². The third-order valence-electron chi connectivity index (χ3n) is 3.91. The Morgan fingerprint density at radius 2 is 1.78 bits per heavy atom. The van der Waals surface area contributed by atoms with Crippen molar-refractivity contribution in [2.75, 3.05) is 11.6 Å². The van der Waals surface area contributed by atoms with E-state index in [1.54, 1.807) is 30.3 Å². The van der Waals surface area contributed by atoms with Gasteiger partial charge in [0.15, 0.2) is 9.84 Å². The van der Waals surface area contributed by atoms with E-state index in [2.05, 4.69) is 15.3 Å². The fourth-order valence-corrected chi connectivity index (χ4v) is 3.18. The molecule has 138 valence electrons. The number of anilines is 2. The molecule has 0 radical (unpaired) electrons. The number of rotatable bonds is 6. The number of hydrogen-bond donors (Lipinski definition) is 1. The van der Waals surface area contributed by atoms with E-state index < -0.39 is 21.6 Å². The van der Waals surface area contributed by atoms with Crippen LogP contribution in [0.25, 0.3) is 0 Å². The van der Waals surface area contributed by atoms with Crippen molar-refractivity contribution >= 4 is 27.8 Å². The summed E-state index contributed by atoms with van der Waals surface area (Å²) in [5, 5.41) is 2.94. The van der Waals surface area contributed by atoms with Gasteiger partial charge in [0.2, 0.25) is 5.95 Å². The molecule has 0 amide bonds. The van der Waals surface area contributed by atoms with Gasteiger partial charge >= 0.3 is 0 Å². The number of aromatic nitrogens is 2. The van der Waals surface area contributed by atoms with Gasteiger partial charge in [-0.25, -0.2) is 22.8 Å². The minimum atomic E-state index is -3.28. The first-order chi connectivity index (χ1) is 12.9. The molecule has 8 heteroatoms. The van der Waals surface area contributed by atoms with Crippen molar-refractivity contribution in [3.05, 3.63) is 77.9 Å². The molecule has 0 bridgehead atoms. The highest BCUT2D eigenvalue weighted by atomic mass is 32.2. The fraction of sp³-hybridized carbons (Fsp3) is 0.105. The van der Waals surface area contributed by atoms with Gasteiger partial charge in [-0.2, -0.15) is 0 Å². The molecule has 27 heavy (non-hydrogen) atoms. The molecule has 0 aliphatic carbocycles. The van der Waals surface area contributed by atoms with Gasteiger partial charge in [0.1, 0.15) is 12.1 Å². The van der Waals surface area contributed by atoms with Crippen LogP contribution in [0.15, 0.2) is 65.7 Å². The molecule has 0 fully saturated rings. The summed E-state index contributed by atoms with van der Waals surface area (Å²) in [5.41, 5.74) is 1.16. The second-order valence-corrected chi connectivity index (χ2v) is 7.88. The Hall–Kier alpha value is -3.13. The third-order valence-corrected chi connectivity index (χ3v) is 5.04. The van der Waals surface area contributed by atoms with Crippen molar-refractivity contribution in [1.82, 2.24) is 9.97 Å². The van der Waals surface area contributed by atoms with Crippen LogP contribution in [0.2, 0.25) is 0 Å². The van der Waals surface area contributed by atoms with E-state index in [-0.39, 0.29) is 16.4 Å². The van der Waals surface area contributed by atoms with Gasteiger partial charge in [0.05, 0.1) is 16.5 Å². The van der Waals surface area contributed by atoms with Gasteiger partial charge in [-0.05, 0) is 36.4 Å². The van der Waals surface area contributed by atoms with Gasteiger partial charge in [0.25, 0.3) is 0 Å². The highest BCUT2D eigenvalue weighted by Gasteiger charge is 2.19. The topological polar surface area (TPSA) is 89.0 Å². The van der Waals surface area contributed by atoms with Crippen LogP contribution in [-0.2, 0) is 14.6 Å². The van der Waals surface area contributed by atoms with Crippen molar-refractivity contribution in [3.63, 3.8) is 0 Å². The molecule has 1 N–H and O–H groups in total. The zero-order valence-electron chi connectivity index (χ0n) is 14.3. The number of carbonyl (C=O) groups is 1. The number of sulfone groups is 1. The Kier molecular flexibility index (Phi) is 5.27. The number of halogens is 1. The molecule has 0 aliphatic heterocycles. The standard InChI is InChI=1S/C19H16FN3O3S/c1-27(25,26)14-8-6-13(7-9-14)22-19-21-11-10-18(23-19)16(12-24)15-4-2-3-5-17(15)20/h2-12,16H,1H3,(H,21,22,23). The average Bonchev–Trinajstić information content (AvgIpc) is 2.64. The molecule has 0 saturated heterocycles. The highest BCUT2D eigenvalue weighted by Crippen LogP contribution is 2.25. The second kappa shape index (κ2) is 7.63. The van der Waals surface area contributed by atoms with Crippen molar-refractivity contribution < 1.29 is 17.6 Å². The van der Waals surface area contributed by atoms with Crippen LogP contribution in [0.3, 0.4) is 0 Å². The van der Waals surface area contributed by atoms with Crippen LogP contribution in [0.5, 0.6) is 0 Å². The SMILES string of the molecule is CS(=O)(=O)c1ccc(Nc2nccc(C(C=O)c3ccccc3F)n2)cc1. The van der Waals surface area contributed by atoms with Crippen LogP contribution < -0.4 is 5.32 Å². The van der Waals surface area contributed by atoms with E-state index >= 15 is 0 Å². The maximum absolute atomic E-state index is 14.0. The van der Waals surface area contributed by atoms with E-state index in [9.17, 15) is 17.6 Å². The summed E-state index contributed by atoms with van der Waals surface area (Å²) in [7, 11) is -3.28. The number of nitrogens with zero attached hydrogens (tertiary/aromatic N) is 2. The number of hydrogen-bond acceptors (Lipinski definition) is 6. The summed E-state index contributed by atoms with van der Waals surface area (Å²) >= 11 is 0. The monoisotopic (exact) mass is 385 g/mol. The van der Waals surface area contributed by atoms with Gasteiger partial charge < -0.3 is 10.1 Å². The maximum Gasteiger partial charge on any atom is 0.227 e. The lowest BCUT2D eigenvalue weighted by Gasteiger charge is -2.12. The molecule has 1 unspecified atom stereocenters. The summed E-state index contributed by atoms with van der Waals surface area (Å²) < 4.78 is 37.0. The molecular formula is C19H16FN3O3S. The van der Waals surface area contributed by atoms with Crippen LogP contribution in [0, 0.1) is 5.82 Å². The molecule has 0 saturated carbocycles. The molecule has 1 heterocycles. The number of aldehydes is 1. The van der Waals surface area contributed by atoms with E-state index in [0.29, 0.717) is 17.7 Å². The van der Waals surface area contributed by atoms with Gasteiger partial charge in [-0.3, -0.25) is 0 Å². The van der Waals surface area contributed by atoms with Crippen molar-refractivity contribution in [3.8, 4) is 0 Å². The van der Waals surface area contributed by atoms with E-state index in [0.717, 1.165) is 6.26 Å². The van der Waals surface area contributed by atoms with Crippen molar-refractivity contribution in [1.29, 1.82) is 0 Å². The summed E-state index contributed by atoms with van der Waals surface area (Å²) in [6, 6.07) is 13.7. The zero-order chi connectivity index (χ0) is 19.4. The van der Waals surface area contributed by atoms with Crippen LogP contribution in [-0.4, -0.2) is 30.9 Å². The lowest BCUT2D eigenvalue weighted by molar-refractivity contribution is -0.108. The first-order valence-electron chi connectivity index (χ1n) is 7.98.